The van der Waals surface area contributed by atoms with Crippen molar-refractivity contribution in [1.82, 2.24) is 9.97 Å². The van der Waals surface area contributed by atoms with Gasteiger partial charge in [0, 0.05) is 5.56 Å². The Kier molecular flexibility index (Phi) is 3.00. The predicted molar refractivity (Wildman–Crippen MR) is 68.4 cm³/mol. The average molecular weight is 274 g/mol. The highest BCUT2D eigenvalue weighted by Gasteiger charge is 2.04. The molecule has 7 nitrogen and oxygen atoms in total. The number of benzene rings is 1. The molecule has 2 N–H and O–H groups in total. The third-order valence-electron chi connectivity index (χ3n) is 2.65. The number of hydrogen-bond donors (Lipinski definition) is 2. The number of aromatic nitrogens is 2. The lowest BCUT2D eigenvalue weighted by Gasteiger charge is -2.04. The second kappa shape index (κ2) is 4.96. The third kappa shape index (κ3) is 2.56. The van der Waals surface area contributed by atoms with E-state index in [4.69, 9.17) is 9.15 Å². The zero-order valence-corrected chi connectivity index (χ0v) is 10.2. The molecule has 1 aromatic carbocycles. The summed E-state index contributed by atoms with van der Waals surface area (Å²) in [6.07, 6.45) is 2.57. The van der Waals surface area contributed by atoms with Crippen LogP contribution in [-0.4, -0.2) is 9.97 Å². The van der Waals surface area contributed by atoms with E-state index in [2.05, 4.69) is 14.4 Å². The molecule has 0 amide bonds. The van der Waals surface area contributed by atoms with Crippen molar-refractivity contribution < 1.29 is 13.6 Å². The first kappa shape index (κ1) is 12.1. The number of H-pyrrole nitrogens is 2. The first-order valence-electron chi connectivity index (χ1n) is 5.78. The fraction of sp³-hybridized carbons (Fsp3) is 0.0769. The molecule has 0 aliphatic rings. The Balaban J connectivity index is 1.77. The summed E-state index contributed by atoms with van der Waals surface area (Å²) in [5.41, 5.74) is 2.26. The topological polar surface area (TPSA) is 101 Å². The fourth-order valence-corrected chi connectivity index (χ4v) is 1.75. The number of ether oxygens (including phenoxy) is 1. The maximum absolute atomic E-state index is 11.0. The molecule has 0 spiro atoms. The lowest BCUT2D eigenvalue weighted by Crippen LogP contribution is -2.00. The first-order chi connectivity index (χ1) is 9.70. The zero-order chi connectivity index (χ0) is 13.9. The van der Waals surface area contributed by atoms with E-state index in [1.165, 1.54) is 12.5 Å². The Morgan fingerprint density at radius 1 is 1.05 bits per heavy atom. The molecule has 0 bridgehead atoms. The highest BCUT2D eigenvalue weighted by Crippen LogP contribution is 2.18. The van der Waals surface area contributed by atoms with E-state index in [-0.39, 0.29) is 12.5 Å². The molecule has 0 saturated heterocycles. The lowest BCUT2D eigenvalue weighted by atomic mass is 10.1. The summed E-state index contributed by atoms with van der Waals surface area (Å²) >= 11 is 0. The van der Waals surface area contributed by atoms with Crippen LogP contribution in [0.4, 0.5) is 0 Å². The highest BCUT2D eigenvalue weighted by molar-refractivity contribution is 5.58. The molecule has 102 valence electrons. The van der Waals surface area contributed by atoms with Crippen LogP contribution < -0.4 is 16.2 Å². The zero-order valence-electron chi connectivity index (χ0n) is 10.2. The Labute approximate surface area is 111 Å². The minimum absolute atomic E-state index is 0.255. The minimum Gasteiger partial charge on any atom is -0.472 e. The van der Waals surface area contributed by atoms with Gasteiger partial charge in [0.15, 0.2) is 6.26 Å². The Morgan fingerprint density at radius 3 is 2.55 bits per heavy atom. The maximum Gasteiger partial charge on any atom is 0.419 e. The van der Waals surface area contributed by atoms with Crippen molar-refractivity contribution in [1.29, 1.82) is 0 Å². The van der Waals surface area contributed by atoms with Crippen LogP contribution in [-0.2, 0) is 6.61 Å². The van der Waals surface area contributed by atoms with Crippen molar-refractivity contribution in [2.45, 2.75) is 6.61 Å². The standard InChI is InChI=1S/C13H10N2O5/c16-12-14-10(6-19-12)9-3-1-2-8(4-9)5-18-11-7-20-13(17)15-11/h1-4,6-7H,5H2,(H,14,16)(H,15,17). The summed E-state index contributed by atoms with van der Waals surface area (Å²) < 4.78 is 14.6. The van der Waals surface area contributed by atoms with Gasteiger partial charge in [-0.3, -0.25) is 9.97 Å². The number of aromatic amines is 2. The quantitative estimate of drug-likeness (QED) is 0.750. The summed E-state index contributed by atoms with van der Waals surface area (Å²) in [4.78, 5) is 26.7. The molecule has 2 aromatic heterocycles. The van der Waals surface area contributed by atoms with Gasteiger partial charge in [-0.25, -0.2) is 9.59 Å². The van der Waals surface area contributed by atoms with E-state index < -0.39 is 11.5 Å². The molecule has 2 heterocycles. The Morgan fingerprint density at radius 2 is 1.85 bits per heavy atom. The van der Waals surface area contributed by atoms with E-state index in [1.807, 2.05) is 24.3 Å². The van der Waals surface area contributed by atoms with Gasteiger partial charge in [-0.1, -0.05) is 18.2 Å². The number of oxazole rings is 2. The van der Waals surface area contributed by atoms with E-state index >= 15 is 0 Å². The molecule has 0 aliphatic carbocycles. The van der Waals surface area contributed by atoms with Crippen LogP contribution in [0.15, 0.2) is 55.2 Å². The molecule has 7 heteroatoms. The van der Waals surface area contributed by atoms with Crippen molar-refractivity contribution in [3.63, 3.8) is 0 Å². The summed E-state index contributed by atoms with van der Waals surface area (Å²) in [6, 6.07) is 7.38. The van der Waals surface area contributed by atoms with Crippen LogP contribution >= 0.6 is 0 Å². The Hall–Kier alpha value is -2.96. The van der Waals surface area contributed by atoms with Crippen molar-refractivity contribution in [3.8, 4) is 17.1 Å². The average Bonchev–Trinajstić information content (AvgIpc) is 3.06. The van der Waals surface area contributed by atoms with Gasteiger partial charge < -0.3 is 13.6 Å². The molecule has 0 fully saturated rings. The molecule has 0 unspecified atom stereocenters. The van der Waals surface area contributed by atoms with E-state index in [1.54, 1.807) is 0 Å². The molecule has 3 aromatic rings. The van der Waals surface area contributed by atoms with E-state index in [9.17, 15) is 9.59 Å². The van der Waals surface area contributed by atoms with Gasteiger partial charge >= 0.3 is 11.5 Å². The molecule has 0 radical (unpaired) electrons. The molecule has 0 saturated carbocycles. The number of hydrogen-bond acceptors (Lipinski definition) is 5. The smallest absolute Gasteiger partial charge is 0.419 e. The van der Waals surface area contributed by atoms with Crippen LogP contribution in [0.2, 0.25) is 0 Å². The van der Waals surface area contributed by atoms with Crippen LogP contribution in [0.1, 0.15) is 5.56 Å². The van der Waals surface area contributed by atoms with Gasteiger partial charge in [0.1, 0.15) is 12.9 Å². The molecular formula is C13H10N2O5. The third-order valence-corrected chi connectivity index (χ3v) is 2.65. The van der Waals surface area contributed by atoms with Crippen molar-refractivity contribution >= 4 is 0 Å². The molecule has 20 heavy (non-hydrogen) atoms. The van der Waals surface area contributed by atoms with Crippen molar-refractivity contribution in [2.24, 2.45) is 0 Å². The lowest BCUT2D eigenvalue weighted by molar-refractivity contribution is 0.293. The first-order valence-corrected chi connectivity index (χ1v) is 5.78. The maximum atomic E-state index is 11.0. The normalized spacial score (nSPS) is 10.6. The second-order valence-electron chi connectivity index (χ2n) is 4.06. The van der Waals surface area contributed by atoms with E-state index in [0.29, 0.717) is 5.69 Å². The summed E-state index contributed by atoms with van der Waals surface area (Å²) in [5, 5.41) is 0. The number of nitrogens with one attached hydrogen (secondary N) is 2. The van der Waals surface area contributed by atoms with Gasteiger partial charge in [-0.15, -0.1) is 0 Å². The fourth-order valence-electron chi connectivity index (χ4n) is 1.75. The van der Waals surface area contributed by atoms with Crippen molar-refractivity contribution in [3.05, 3.63) is 63.5 Å². The van der Waals surface area contributed by atoms with Gasteiger partial charge in [0.2, 0.25) is 5.88 Å². The van der Waals surface area contributed by atoms with Crippen LogP contribution in [0, 0.1) is 0 Å². The largest absolute Gasteiger partial charge is 0.472 e. The molecule has 0 atom stereocenters. The highest BCUT2D eigenvalue weighted by atomic mass is 16.5. The summed E-state index contributed by atoms with van der Waals surface area (Å²) in [5.74, 6) is -0.806. The van der Waals surface area contributed by atoms with Gasteiger partial charge in [0.05, 0.1) is 5.69 Å². The summed E-state index contributed by atoms with van der Waals surface area (Å²) in [6.45, 7) is 0.255. The second-order valence-corrected chi connectivity index (χ2v) is 4.06. The van der Waals surface area contributed by atoms with Gasteiger partial charge in [-0.2, -0.15) is 0 Å². The summed E-state index contributed by atoms with van der Waals surface area (Å²) in [7, 11) is 0. The van der Waals surface area contributed by atoms with Crippen molar-refractivity contribution in [2.75, 3.05) is 0 Å². The van der Waals surface area contributed by atoms with Crippen LogP contribution in [0.25, 0.3) is 11.3 Å². The van der Waals surface area contributed by atoms with Crippen LogP contribution in [0.3, 0.4) is 0 Å². The SMILES string of the molecule is O=c1[nH]c(OCc2cccc(-c3coc(=O)[nH]3)c2)co1. The number of rotatable bonds is 4. The molecular weight excluding hydrogens is 264 g/mol. The molecule has 0 aliphatic heterocycles. The molecule has 3 rings (SSSR count). The Bertz CT molecular complexity index is 823. The predicted octanol–water partition coefficient (Wildman–Crippen LogP) is 1.50. The monoisotopic (exact) mass is 274 g/mol. The minimum atomic E-state index is -0.565. The van der Waals surface area contributed by atoms with E-state index in [0.717, 1.165) is 11.1 Å². The van der Waals surface area contributed by atoms with Crippen LogP contribution in [0.5, 0.6) is 5.88 Å². The van der Waals surface area contributed by atoms with Gasteiger partial charge in [0.25, 0.3) is 0 Å². The van der Waals surface area contributed by atoms with Gasteiger partial charge in [-0.05, 0) is 11.6 Å².